The molecule has 2 rings (SSSR count). The van der Waals surface area contributed by atoms with E-state index in [1.807, 2.05) is 12.1 Å². The zero-order chi connectivity index (χ0) is 13.0. The first-order chi connectivity index (χ1) is 8.69. The summed E-state index contributed by atoms with van der Waals surface area (Å²) in [6, 6.07) is 6.63. The normalized spacial score (nSPS) is 24.2. The largest absolute Gasteiger partial charge is 0.308 e. The lowest BCUT2D eigenvalue weighted by Crippen LogP contribution is -2.35. The van der Waals surface area contributed by atoms with Gasteiger partial charge in [0.25, 0.3) is 0 Å². The van der Waals surface area contributed by atoms with Crippen molar-refractivity contribution < 1.29 is 0 Å². The van der Waals surface area contributed by atoms with Crippen LogP contribution >= 0.6 is 0 Å². The van der Waals surface area contributed by atoms with Crippen LogP contribution in [0.1, 0.15) is 38.3 Å². The van der Waals surface area contributed by atoms with Crippen molar-refractivity contribution in [2.45, 2.75) is 45.2 Å². The van der Waals surface area contributed by atoms with Gasteiger partial charge in [-0.2, -0.15) is 0 Å². The lowest BCUT2D eigenvalue weighted by atomic mass is 9.86. The van der Waals surface area contributed by atoms with Crippen molar-refractivity contribution in [1.29, 1.82) is 0 Å². The molecule has 0 saturated heterocycles. The Kier molecular flexibility index (Phi) is 4.55. The van der Waals surface area contributed by atoms with Crippen LogP contribution in [-0.4, -0.2) is 23.0 Å². The van der Waals surface area contributed by atoms with Gasteiger partial charge in [0.2, 0.25) is 0 Å². The van der Waals surface area contributed by atoms with E-state index in [2.05, 4.69) is 35.3 Å². The molecule has 0 aromatic carbocycles. The van der Waals surface area contributed by atoms with Crippen molar-refractivity contribution in [1.82, 2.24) is 9.88 Å². The number of hydrogen-bond acceptors (Lipinski definition) is 4. The Labute approximate surface area is 110 Å². The third-order valence-electron chi connectivity index (χ3n) is 3.90. The highest BCUT2D eigenvalue weighted by atomic mass is 15.3. The van der Waals surface area contributed by atoms with E-state index in [1.165, 1.54) is 25.7 Å². The molecule has 1 aromatic heterocycles. The van der Waals surface area contributed by atoms with E-state index in [4.69, 9.17) is 5.84 Å². The lowest BCUT2D eigenvalue weighted by molar-refractivity contribution is 0.156. The Morgan fingerprint density at radius 3 is 3.00 bits per heavy atom. The summed E-state index contributed by atoms with van der Waals surface area (Å²) in [4.78, 5) is 6.90. The number of anilines is 1. The molecule has 1 aromatic rings. The smallest absolute Gasteiger partial charge is 0.140 e. The second-order valence-electron chi connectivity index (χ2n) is 5.50. The number of nitrogens with zero attached hydrogens (tertiary/aromatic N) is 2. The quantitative estimate of drug-likeness (QED) is 0.634. The van der Waals surface area contributed by atoms with Crippen molar-refractivity contribution in [3.8, 4) is 0 Å². The number of pyridine rings is 1. The first-order valence-corrected chi connectivity index (χ1v) is 6.82. The minimum Gasteiger partial charge on any atom is -0.308 e. The van der Waals surface area contributed by atoms with Crippen LogP contribution in [0.4, 0.5) is 5.82 Å². The molecule has 1 aliphatic carbocycles. The average molecular weight is 248 g/mol. The average Bonchev–Trinajstić information content (AvgIpc) is 2.39. The highest BCUT2D eigenvalue weighted by Gasteiger charge is 2.22. The monoisotopic (exact) mass is 248 g/mol. The molecular weight excluding hydrogens is 224 g/mol. The molecule has 18 heavy (non-hydrogen) atoms. The SMILES string of the molecule is CC1CCCC(N(C)Cc2cccc(NN)n2)C1. The Bertz CT molecular complexity index is 380. The number of aromatic nitrogens is 1. The van der Waals surface area contributed by atoms with E-state index in [0.29, 0.717) is 6.04 Å². The summed E-state index contributed by atoms with van der Waals surface area (Å²) in [6.07, 6.45) is 5.37. The third-order valence-corrected chi connectivity index (χ3v) is 3.90. The Balaban J connectivity index is 1.95. The summed E-state index contributed by atoms with van der Waals surface area (Å²) >= 11 is 0. The summed E-state index contributed by atoms with van der Waals surface area (Å²) in [5.41, 5.74) is 3.67. The van der Waals surface area contributed by atoms with E-state index in [9.17, 15) is 0 Å². The first-order valence-electron chi connectivity index (χ1n) is 6.82. The molecule has 0 aliphatic heterocycles. The molecule has 0 radical (unpaired) electrons. The molecule has 1 fully saturated rings. The molecule has 0 spiro atoms. The minimum atomic E-state index is 0.699. The fraction of sp³-hybridized carbons (Fsp3) is 0.643. The summed E-state index contributed by atoms with van der Waals surface area (Å²) in [7, 11) is 2.20. The molecule has 0 amide bonds. The molecule has 2 unspecified atom stereocenters. The van der Waals surface area contributed by atoms with Gasteiger partial charge >= 0.3 is 0 Å². The number of nitrogens with two attached hydrogens (primary N) is 1. The Hall–Kier alpha value is -1.13. The maximum absolute atomic E-state index is 5.38. The van der Waals surface area contributed by atoms with Crippen LogP contribution in [0.3, 0.4) is 0 Å². The standard InChI is InChI=1S/C14H24N4/c1-11-5-3-7-13(9-11)18(2)10-12-6-4-8-14(16-12)17-15/h4,6,8,11,13H,3,5,7,9-10,15H2,1-2H3,(H,16,17). The van der Waals surface area contributed by atoms with E-state index in [-0.39, 0.29) is 0 Å². The molecule has 4 nitrogen and oxygen atoms in total. The first kappa shape index (κ1) is 13.3. The Morgan fingerprint density at radius 2 is 2.28 bits per heavy atom. The second kappa shape index (κ2) is 6.16. The summed E-state index contributed by atoms with van der Waals surface area (Å²) in [5, 5.41) is 0. The molecular formula is C14H24N4. The van der Waals surface area contributed by atoms with Crippen LogP contribution in [-0.2, 0) is 6.54 Å². The third kappa shape index (κ3) is 3.43. The number of rotatable bonds is 4. The molecule has 0 bridgehead atoms. The van der Waals surface area contributed by atoms with Crippen LogP contribution in [0.25, 0.3) is 0 Å². The van der Waals surface area contributed by atoms with Gasteiger partial charge in [-0.3, -0.25) is 4.90 Å². The predicted molar refractivity (Wildman–Crippen MR) is 74.9 cm³/mol. The van der Waals surface area contributed by atoms with Crippen molar-refractivity contribution in [2.24, 2.45) is 11.8 Å². The highest BCUT2D eigenvalue weighted by Crippen LogP contribution is 2.27. The molecule has 1 heterocycles. The highest BCUT2D eigenvalue weighted by molar-refractivity contribution is 5.33. The maximum atomic E-state index is 5.38. The van der Waals surface area contributed by atoms with Gasteiger partial charge in [0.1, 0.15) is 5.82 Å². The topological polar surface area (TPSA) is 54.2 Å². The molecule has 1 saturated carbocycles. The van der Waals surface area contributed by atoms with Crippen molar-refractivity contribution in [3.63, 3.8) is 0 Å². The summed E-state index contributed by atoms with van der Waals surface area (Å²) in [6.45, 7) is 3.25. The zero-order valence-corrected chi connectivity index (χ0v) is 11.4. The van der Waals surface area contributed by atoms with Gasteiger partial charge in [-0.25, -0.2) is 10.8 Å². The molecule has 3 N–H and O–H groups in total. The van der Waals surface area contributed by atoms with Gasteiger partial charge in [0.05, 0.1) is 5.69 Å². The van der Waals surface area contributed by atoms with Crippen LogP contribution in [0.2, 0.25) is 0 Å². The van der Waals surface area contributed by atoms with Gasteiger partial charge in [-0.05, 0) is 37.9 Å². The van der Waals surface area contributed by atoms with Crippen molar-refractivity contribution in [2.75, 3.05) is 12.5 Å². The van der Waals surface area contributed by atoms with Gasteiger partial charge in [-0.15, -0.1) is 0 Å². The van der Waals surface area contributed by atoms with E-state index < -0.39 is 0 Å². The lowest BCUT2D eigenvalue weighted by Gasteiger charge is -2.34. The van der Waals surface area contributed by atoms with E-state index in [1.54, 1.807) is 0 Å². The summed E-state index contributed by atoms with van der Waals surface area (Å²) < 4.78 is 0. The van der Waals surface area contributed by atoms with Gasteiger partial charge in [0, 0.05) is 12.6 Å². The Morgan fingerprint density at radius 1 is 1.44 bits per heavy atom. The fourth-order valence-corrected chi connectivity index (χ4v) is 2.84. The number of hydrazine groups is 1. The summed E-state index contributed by atoms with van der Waals surface area (Å²) in [5.74, 6) is 6.98. The van der Waals surface area contributed by atoms with Gasteiger partial charge in [0.15, 0.2) is 0 Å². The van der Waals surface area contributed by atoms with E-state index >= 15 is 0 Å². The second-order valence-corrected chi connectivity index (χ2v) is 5.50. The van der Waals surface area contributed by atoms with Crippen LogP contribution in [0.15, 0.2) is 18.2 Å². The van der Waals surface area contributed by atoms with Crippen LogP contribution in [0.5, 0.6) is 0 Å². The molecule has 4 heteroatoms. The van der Waals surface area contributed by atoms with Crippen molar-refractivity contribution in [3.05, 3.63) is 23.9 Å². The zero-order valence-electron chi connectivity index (χ0n) is 11.4. The van der Waals surface area contributed by atoms with Gasteiger partial charge < -0.3 is 5.43 Å². The number of hydrogen-bond donors (Lipinski definition) is 2. The van der Waals surface area contributed by atoms with Crippen LogP contribution < -0.4 is 11.3 Å². The fourth-order valence-electron chi connectivity index (χ4n) is 2.84. The minimum absolute atomic E-state index is 0.699. The maximum Gasteiger partial charge on any atom is 0.140 e. The number of nitrogen functional groups attached to an aromatic ring is 1. The predicted octanol–water partition coefficient (Wildman–Crippen LogP) is 2.38. The molecule has 100 valence electrons. The van der Waals surface area contributed by atoms with Crippen molar-refractivity contribution >= 4 is 5.82 Å². The van der Waals surface area contributed by atoms with Crippen LogP contribution in [0, 0.1) is 5.92 Å². The molecule has 1 aliphatic rings. The number of nitrogens with one attached hydrogen (secondary N) is 1. The van der Waals surface area contributed by atoms with E-state index in [0.717, 1.165) is 24.0 Å². The van der Waals surface area contributed by atoms with Gasteiger partial charge in [-0.1, -0.05) is 25.8 Å². The molecule has 2 atom stereocenters.